The van der Waals surface area contributed by atoms with Crippen LogP contribution < -0.4 is 4.74 Å². The van der Waals surface area contributed by atoms with Crippen molar-refractivity contribution in [2.45, 2.75) is 26.0 Å². The van der Waals surface area contributed by atoms with Crippen LogP contribution in [0.15, 0.2) is 61.3 Å². The van der Waals surface area contributed by atoms with Gasteiger partial charge in [0.25, 0.3) is 11.8 Å². The molecule has 4 rings (SSSR count). The molecule has 0 saturated carbocycles. The molecule has 0 bridgehead atoms. The monoisotopic (exact) mass is 475 g/mol. The number of fused-ring (bicyclic) bond motifs is 1. The molecule has 0 spiro atoms. The molecular weight excluding hydrogens is 446 g/mol. The molecule has 4 heterocycles. The van der Waals surface area contributed by atoms with Gasteiger partial charge in [-0.2, -0.15) is 0 Å². The lowest BCUT2D eigenvalue weighted by Gasteiger charge is -2.37. The van der Waals surface area contributed by atoms with E-state index in [9.17, 15) is 14.7 Å². The Morgan fingerprint density at radius 3 is 2.49 bits per heavy atom. The van der Waals surface area contributed by atoms with Crippen LogP contribution in [-0.4, -0.2) is 80.6 Å². The Morgan fingerprint density at radius 1 is 1.17 bits per heavy atom. The quantitative estimate of drug-likeness (QED) is 0.584. The Bertz CT molecular complexity index is 1170. The van der Waals surface area contributed by atoms with Crippen molar-refractivity contribution in [1.29, 1.82) is 0 Å². The fourth-order valence-corrected chi connectivity index (χ4v) is 4.09. The number of aliphatic hydroxyl groups excluding tert-OH is 1. The summed E-state index contributed by atoms with van der Waals surface area (Å²) in [5, 5.41) is 9.84. The third-order valence-electron chi connectivity index (χ3n) is 6.26. The van der Waals surface area contributed by atoms with Gasteiger partial charge in [0, 0.05) is 61.6 Å². The summed E-state index contributed by atoms with van der Waals surface area (Å²) in [4.78, 5) is 42.2. The van der Waals surface area contributed by atoms with Gasteiger partial charge in [-0.25, -0.2) is 4.98 Å². The van der Waals surface area contributed by atoms with Gasteiger partial charge in [-0.05, 0) is 42.8 Å². The van der Waals surface area contributed by atoms with Crippen molar-refractivity contribution in [1.82, 2.24) is 24.8 Å². The maximum absolute atomic E-state index is 13.6. The Morgan fingerprint density at radius 2 is 1.83 bits per heavy atom. The van der Waals surface area contributed by atoms with Crippen LogP contribution in [-0.2, 0) is 0 Å². The maximum Gasteiger partial charge on any atom is 0.259 e. The number of amides is 2. The summed E-state index contributed by atoms with van der Waals surface area (Å²) < 4.78 is 6.29. The zero-order chi connectivity index (χ0) is 24.9. The summed E-state index contributed by atoms with van der Waals surface area (Å²) in [6.07, 6.45) is 7.75. The average molecular weight is 476 g/mol. The zero-order valence-corrected chi connectivity index (χ0v) is 20.0. The van der Waals surface area contributed by atoms with E-state index < -0.39 is 12.1 Å². The first kappa shape index (κ1) is 24.3. The molecule has 9 nitrogen and oxygen atoms in total. The second kappa shape index (κ2) is 10.6. The molecule has 2 amide bonds. The number of pyridine rings is 3. The molecule has 3 atom stereocenters. The number of ether oxygens (including phenoxy) is 1. The van der Waals surface area contributed by atoms with Crippen LogP contribution in [0.2, 0.25) is 0 Å². The second-order valence-corrected chi connectivity index (χ2v) is 8.86. The Hall–Kier alpha value is -3.85. The van der Waals surface area contributed by atoms with Gasteiger partial charge in [-0.3, -0.25) is 19.6 Å². The summed E-state index contributed by atoms with van der Waals surface area (Å²) in [7, 11) is 1.72. The van der Waals surface area contributed by atoms with Crippen molar-refractivity contribution < 1.29 is 19.4 Å². The predicted molar refractivity (Wildman–Crippen MR) is 130 cm³/mol. The van der Waals surface area contributed by atoms with E-state index >= 15 is 0 Å². The largest absolute Gasteiger partial charge is 0.472 e. The third-order valence-corrected chi connectivity index (χ3v) is 6.26. The van der Waals surface area contributed by atoms with Crippen LogP contribution in [0.5, 0.6) is 5.88 Å². The molecule has 1 N–H and O–H groups in total. The van der Waals surface area contributed by atoms with Crippen LogP contribution in [0.1, 0.15) is 34.6 Å². The molecule has 3 aromatic heterocycles. The van der Waals surface area contributed by atoms with E-state index in [2.05, 4.69) is 15.0 Å². The number of carbonyl (C=O) groups excluding carboxylic acids is 2. The lowest BCUT2D eigenvalue weighted by atomic mass is 9.99. The fraction of sp³-hybridized carbons (Fsp3) is 0.346. The number of hydrogen-bond acceptors (Lipinski definition) is 7. The third kappa shape index (κ3) is 5.30. The Labute approximate surface area is 204 Å². The molecule has 3 aromatic rings. The predicted octanol–water partition coefficient (Wildman–Crippen LogP) is 2.53. The first-order valence-corrected chi connectivity index (χ1v) is 11.5. The van der Waals surface area contributed by atoms with Crippen LogP contribution >= 0.6 is 0 Å². The van der Waals surface area contributed by atoms with Crippen LogP contribution in [0.3, 0.4) is 0 Å². The van der Waals surface area contributed by atoms with Crippen LogP contribution in [0.25, 0.3) is 11.1 Å². The van der Waals surface area contributed by atoms with E-state index in [0.29, 0.717) is 24.2 Å². The molecule has 1 aliphatic rings. The molecule has 9 heteroatoms. The number of aromatic nitrogens is 3. The Balaban J connectivity index is 1.68. The normalized spacial score (nSPS) is 18.6. The average Bonchev–Trinajstić information content (AvgIpc) is 2.90. The highest BCUT2D eigenvalue weighted by atomic mass is 16.5. The van der Waals surface area contributed by atoms with E-state index in [1.807, 2.05) is 19.1 Å². The number of aliphatic hydroxyl groups is 1. The van der Waals surface area contributed by atoms with Gasteiger partial charge in [0.2, 0.25) is 5.88 Å². The van der Waals surface area contributed by atoms with E-state index in [-0.39, 0.29) is 30.2 Å². The molecule has 0 aromatic carbocycles. The fourth-order valence-electron chi connectivity index (χ4n) is 4.09. The number of hydrogen-bond donors (Lipinski definition) is 1. The van der Waals surface area contributed by atoms with Gasteiger partial charge in [0.15, 0.2) is 0 Å². The number of likely N-dealkylation sites (N-methyl/N-ethyl adjacent to an activating group) is 1. The number of rotatable bonds is 6. The van der Waals surface area contributed by atoms with Crippen molar-refractivity contribution >= 4 is 11.8 Å². The van der Waals surface area contributed by atoms with Gasteiger partial charge in [0.05, 0.1) is 19.2 Å². The number of nitrogens with zero attached hydrogens (tertiary/aromatic N) is 5. The minimum Gasteiger partial charge on any atom is -0.472 e. The van der Waals surface area contributed by atoms with E-state index in [4.69, 9.17) is 4.74 Å². The van der Waals surface area contributed by atoms with Gasteiger partial charge < -0.3 is 19.6 Å². The molecule has 0 radical (unpaired) electrons. The van der Waals surface area contributed by atoms with Crippen molar-refractivity contribution in [3.05, 3.63) is 72.4 Å². The molecule has 35 heavy (non-hydrogen) atoms. The highest BCUT2D eigenvalue weighted by Crippen LogP contribution is 2.30. The molecular formula is C26H29N5O4. The first-order chi connectivity index (χ1) is 16.9. The minimum absolute atomic E-state index is 0.129. The SMILES string of the molecule is C[C@H]1CN([C@@H](C)CO)C(=O)c2cc(-c3ccncc3)cnc2O[C@H]1CN(C)C(=O)c1ccncc1. The van der Waals surface area contributed by atoms with Crippen LogP contribution in [0.4, 0.5) is 0 Å². The molecule has 0 aliphatic carbocycles. The summed E-state index contributed by atoms with van der Waals surface area (Å²) in [5.74, 6) is -0.320. The van der Waals surface area contributed by atoms with E-state index in [0.717, 1.165) is 11.1 Å². The first-order valence-electron chi connectivity index (χ1n) is 11.5. The molecule has 0 saturated heterocycles. The van der Waals surface area contributed by atoms with Gasteiger partial charge in [0.1, 0.15) is 11.7 Å². The van der Waals surface area contributed by atoms with Crippen molar-refractivity contribution in [2.75, 3.05) is 26.7 Å². The molecule has 1 aliphatic heterocycles. The lowest BCUT2D eigenvalue weighted by molar-refractivity contribution is 0.0313. The second-order valence-electron chi connectivity index (χ2n) is 8.86. The van der Waals surface area contributed by atoms with E-state index in [1.165, 1.54) is 0 Å². The lowest BCUT2D eigenvalue weighted by Crippen LogP contribution is -2.50. The minimum atomic E-state index is -0.426. The van der Waals surface area contributed by atoms with E-state index in [1.54, 1.807) is 73.0 Å². The highest BCUT2D eigenvalue weighted by molar-refractivity contribution is 5.98. The molecule has 0 fully saturated rings. The van der Waals surface area contributed by atoms with Crippen LogP contribution in [0, 0.1) is 5.92 Å². The van der Waals surface area contributed by atoms with Crippen molar-refractivity contribution in [2.24, 2.45) is 5.92 Å². The van der Waals surface area contributed by atoms with Gasteiger partial charge >= 0.3 is 0 Å². The topological polar surface area (TPSA) is 109 Å². The molecule has 182 valence electrons. The standard InChI is InChI=1S/C26H29N5O4/c1-17-14-31(18(2)16-32)26(34)22-12-21(19-4-8-27-9-5-19)13-29-24(22)35-23(17)15-30(3)25(33)20-6-10-28-11-7-20/h4-13,17-18,23,32H,14-16H2,1-3H3/t17-,18-,23-/m0/s1. The summed E-state index contributed by atoms with van der Waals surface area (Å²) in [5.41, 5.74) is 2.49. The zero-order valence-electron chi connectivity index (χ0n) is 20.0. The van der Waals surface area contributed by atoms with Gasteiger partial charge in [-0.1, -0.05) is 6.92 Å². The highest BCUT2D eigenvalue weighted by Gasteiger charge is 2.34. The summed E-state index contributed by atoms with van der Waals surface area (Å²) >= 11 is 0. The van der Waals surface area contributed by atoms with Crippen molar-refractivity contribution in [3.63, 3.8) is 0 Å². The summed E-state index contributed by atoms with van der Waals surface area (Å²) in [6, 6.07) is 8.39. The summed E-state index contributed by atoms with van der Waals surface area (Å²) in [6.45, 7) is 4.26. The van der Waals surface area contributed by atoms with Gasteiger partial charge in [-0.15, -0.1) is 0 Å². The molecule has 0 unspecified atom stereocenters. The maximum atomic E-state index is 13.6. The van der Waals surface area contributed by atoms with Crippen molar-refractivity contribution in [3.8, 4) is 17.0 Å². The Kier molecular flexibility index (Phi) is 7.36. The smallest absolute Gasteiger partial charge is 0.259 e. The number of carbonyl (C=O) groups is 2.